The Morgan fingerprint density at radius 3 is 2.67 bits per heavy atom. The molecule has 0 aromatic heterocycles. The normalized spacial score (nSPS) is 24.9. The summed E-state index contributed by atoms with van der Waals surface area (Å²) in [5.41, 5.74) is 0.0477. The topological polar surface area (TPSA) is 55.4 Å². The fraction of sp³-hybridized carbons (Fsp3) is 0.412. The molecule has 2 atom stereocenters. The smallest absolute Gasteiger partial charge is 0.332 e. The van der Waals surface area contributed by atoms with E-state index in [1.54, 1.807) is 0 Å². The first-order valence-corrected chi connectivity index (χ1v) is 7.22. The lowest BCUT2D eigenvalue weighted by Crippen LogP contribution is -2.59. The summed E-state index contributed by atoms with van der Waals surface area (Å²) in [6.45, 7) is 3.48. The van der Waals surface area contributed by atoms with Crippen LogP contribution in [0.1, 0.15) is 37.2 Å². The maximum atomic E-state index is 12.5. The van der Waals surface area contributed by atoms with Gasteiger partial charge in [-0.15, -0.1) is 0 Å². The predicted octanol–water partition coefficient (Wildman–Crippen LogP) is 2.56. The Morgan fingerprint density at radius 1 is 1.33 bits per heavy atom. The minimum Gasteiger partial charge on any atom is -0.467 e. The van der Waals surface area contributed by atoms with Crippen LogP contribution >= 0.6 is 0 Å². The molecule has 0 saturated heterocycles. The number of hydrogen-bond acceptors (Lipinski definition) is 3. The predicted molar refractivity (Wildman–Crippen MR) is 80.7 cm³/mol. The molecule has 0 spiro atoms. The van der Waals surface area contributed by atoms with Crippen LogP contribution in [0.3, 0.4) is 0 Å². The van der Waals surface area contributed by atoms with Crippen LogP contribution in [0.4, 0.5) is 0 Å². The molecule has 2 rings (SSSR count). The number of amides is 1. The summed E-state index contributed by atoms with van der Waals surface area (Å²) >= 11 is 0. The van der Waals surface area contributed by atoms with Crippen LogP contribution in [0.15, 0.2) is 43.0 Å². The number of carbonyl (C=O) groups is 2. The van der Waals surface area contributed by atoms with Gasteiger partial charge < -0.3 is 10.1 Å². The van der Waals surface area contributed by atoms with Gasteiger partial charge in [-0.05, 0) is 24.5 Å². The molecule has 0 radical (unpaired) electrons. The van der Waals surface area contributed by atoms with Crippen molar-refractivity contribution in [3.8, 4) is 0 Å². The number of benzene rings is 1. The van der Waals surface area contributed by atoms with E-state index in [0.717, 1.165) is 24.8 Å². The summed E-state index contributed by atoms with van der Waals surface area (Å²) in [6.07, 6.45) is 4.54. The number of ether oxygens (including phenoxy) is 1. The molecule has 1 aromatic carbocycles. The third-order valence-corrected chi connectivity index (χ3v) is 4.19. The second-order valence-corrected chi connectivity index (χ2v) is 5.37. The largest absolute Gasteiger partial charge is 0.467 e. The zero-order chi connectivity index (χ0) is 15.3. The highest BCUT2D eigenvalue weighted by molar-refractivity contribution is 5.94. The molecular formula is C17H21NO3. The molecular weight excluding hydrogens is 266 g/mol. The SMILES string of the molecule is C=CC(=O)N[C@]1(C(=O)OC)CCCC[C@@H]1c1ccccc1. The number of carbonyl (C=O) groups excluding carboxylic acids is 2. The quantitative estimate of drug-likeness (QED) is 0.684. The van der Waals surface area contributed by atoms with Crippen LogP contribution in [0.2, 0.25) is 0 Å². The lowest BCUT2D eigenvalue weighted by atomic mass is 9.69. The highest BCUT2D eigenvalue weighted by Crippen LogP contribution is 2.41. The van der Waals surface area contributed by atoms with Gasteiger partial charge in [-0.2, -0.15) is 0 Å². The van der Waals surface area contributed by atoms with Crippen molar-refractivity contribution in [3.63, 3.8) is 0 Å². The molecule has 1 aliphatic carbocycles. The van der Waals surface area contributed by atoms with Crippen LogP contribution in [0, 0.1) is 0 Å². The average molecular weight is 287 g/mol. The molecule has 1 aromatic rings. The number of nitrogens with one attached hydrogen (secondary N) is 1. The lowest BCUT2D eigenvalue weighted by molar-refractivity contribution is -0.153. The summed E-state index contributed by atoms with van der Waals surface area (Å²) in [5.74, 6) is -0.807. The lowest BCUT2D eigenvalue weighted by Gasteiger charge is -2.42. The second kappa shape index (κ2) is 6.57. The van der Waals surface area contributed by atoms with E-state index in [1.807, 2.05) is 30.3 Å². The van der Waals surface area contributed by atoms with E-state index in [9.17, 15) is 9.59 Å². The van der Waals surface area contributed by atoms with E-state index < -0.39 is 5.54 Å². The zero-order valence-corrected chi connectivity index (χ0v) is 12.3. The average Bonchev–Trinajstić information content (AvgIpc) is 2.55. The molecule has 4 heteroatoms. The third kappa shape index (κ3) is 2.99. The summed E-state index contributed by atoms with van der Waals surface area (Å²) in [5, 5.41) is 2.85. The first-order valence-electron chi connectivity index (χ1n) is 7.22. The van der Waals surface area contributed by atoms with Crippen molar-refractivity contribution in [1.29, 1.82) is 0 Å². The Kier molecular flexibility index (Phi) is 4.78. The van der Waals surface area contributed by atoms with E-state index in [4.69, 9.17) is 4.74 Å². The number of methoxy groups -OCH3 is 1. The monoisotopic (exact) mass is 287 g/mol. The van der Waals surface area contributed by atoms with Crippen LogP contribution in [-0.2, 0) is 14.3 Å². The van der Waals surface area contributed by atoms with Gasteiger partial charge in [0.2, 0.25) is 5.91 Å². The Balaban J connectivity index is 2.44. The minimum atomic E-state index is -1.00. The van der Waals surface area contributed by atoms with Gasteiger partial charge in [-0.3, -0.25) is 4.79 Å². The molecule has 112 valence electrons. The molecule has 4 nitrogen and oxygen atoms in total. The second-order valence-electron chi connectivity index (χ2n) is 5.37. The molecule has 0 heterocycles. The molecule has 0 aliphatic heterocycles. The third-order valence-electron chi connectivity index (χ3n) is 4.19. The minimum absolute atomic E-state index is 0.0798. The Bertz CT molecular complexity index is 526. The summed E-state index contributed by atoms with van der Waals surface area (Å²) < 4.78 is 5.00. The molecule has 21 heavy (non-hydrogen) atoms. The van der Waals surface area contributed by atoms with Gasteiger partial charge in [0.05, 0.1) is 7.11 Å². The van der Waals surface area contributed by atoms with E-state index in [0.29, 0.717) is 6.42 Å². The van der Waals surface area contributed by atoms with Crippen LogP contribution in [0.25, 0.3) is 0 Å². The van der Waals surface area contributed by atoms with Crippen molar-refractivity contribution < 1.29 is 14.3 Å². The Morgan fingerprint density at radius 2 is 2.05 bits per heavy atom. The summed E-state index contributed by atoms with van der Waals surface area (Å²) in [6, 6.07) is 9.82. The maximum Gasteiger partial charge on any atom is 0.332 e. The summed E-state index contributed by atoms with van der Waals surface area (Å²) in [7, 11) is 1.36. The van der Waals surface area contributed by atoms with Crippen LogP contribution < -0.4 is 5.32 Å². The van der Waals surface area contributed by atoms with E-state index >= 15 is 0 Å². The molecule has 1 saturated carbocycles. The number of hydrogen-bond donors (Lipinski definition) is 1. The number of esters is 1. The van der Waals surface area contributed by atoms with Gasteiger partial charge in [0, 0.05) is 5.92 Å². The van der Waals surface area contributed by atoms with Gasteiger partial charge in [0.25, 0.3) is 0 Å². The van der Waals surface area contributed by atoms with Crippen LogP contribution in [-0.4, -0.2) is 24.5 Å². The van der Waals surface area contributed by atoms with Crippen molar-refractivity contribution in [2.24, 2.45) is 0 Å². The van der Waals surface area contributed by atoms with Crippen LogP contribution in [0.5, 0.6) is 0 Å². The van der Waals surface area contributed by atoms with Crippen molar-refractivity contribution in [1.82, 2.24) is 5.32 Å². The molecule has 1 amide bonds. The molecule has 1 aliphatic rings. The zero-order valence-electron chi connectivity index (χ0n) is 12.3. The Labute approximate surface area is 125 Å². The highest BCUT2D eigenvalue weighted by atomic mass is 16.5. The number of rotatable bonds is 4. The first kappa shape index (κ1) is 15.3. The van der Waals surface area contributed by atoms with Gasteiger partial charge in [0.15, 0.2) is 0 Å². The van der Waals surface area contributed by atoms with Gasteiger partial charge in [-0.25, -0.2) is 4.79 Å². The van der Waals surface area contributed by atoms with Crippen molar-refractivity contribution in [3.05, 3.63) is 48.6 Å². The highest BCUT2D eigenvalue weighted by Gasteiger charge is 2.49. The van der Waals surface area contributed by atoms with Gasteiger partial charge in [0.1, 0.15) is 5.54 Å². The Hall–Kier alpha value is -2.10. The standard InChI is InChI=1S/C17H21NO3/c1-3-15(19)18-17(16(20)21-2)12-8-7-11-14(17)13-9-5-4-6-10-13/h3-6,9-10,14H,1,7-8,11-12H2,2H3,(H,18,19)/t14-,17-/m1/s1. The van der Waals surface area contributed by atoms with E-state index in [-0.39, 0.29) is 17.8 Å². The van der Waals surface area contributed by atoms with Crippen molar-refractivity contribution >= 4 is 11.9 Å². The molecule has 1 N–H and O–H groups in total. The maximum absolute atomic E-state index is 12.5. The first-order chi connectivity index (χ1) is 10.1. The summed E-state index contributed by atoms with van der Waals surface area (Å²) in [4.78, 5) is 24.3. The van der Waals surface area contributed by atoms with Gasteiger partial charge in [-0.1, -0.05) is 49.8 Å². The molecule has 0 bridgehead atoms. The molecule has 0 unspecified atom stereocenters. The fourth-order valence-corrected chi connectivity index (χ4v) is 3.21. The molecule has 1 fully saturated rings. The van der Waals surface area contributed by atoms with Crippen molar-refractivity contribution in [2.45, 2.75) is 37.1 Å². The van der Waals surface area contributed by atoms with Gasteiger partial charge >= 0.3 is 5.97 Å². The van der Waals surface area contributed by atoms with E-state index in [1.165, 1.54) is 13.2 Å². The van der Waals surface area contributed by atoms with Crippen molar-refractivity contribution in [2.75, 3.05) is 7.11 Å². The fourth-order valence-electron chi connectivity index (χ4n) is 3.21. The van der Waals surface area contributed by atoms with E-state index in [2.05, 4.69) is 11.9 Å².